The van der Waals surface area contributed by atoms with Gasteiger partial charge in [-0.15, -0.1) is 0 Å². The van der Waals surface area contributed by atoms with E-state index in [2.05, 4.69) is 41.5 Å². The molecule has 104 valence electrons. The first-order valence-electron chi connectivity index (χ1n) is 6.58. The molecule has 0 aliphatic heterocycles. The molecule has 0 fully saturated rings. The van der Waals surface area contributed by atoms with Gasteiger partial charge >= 0.3 is 0 Å². The monoisotopic (exact) mass is 286 g/mol. The Bertz CT molecular complexity index is 557. The molecule has 3 nitrogen and oxygen atoms in total. The Labute approximate surface area is 123 Å². The zero-order chi connectivity index (χ0) is 14.2. The summed E-state index contributed by atoms with van der Waals surface area (Å²) in [6.45, 7) is 2.80. The fraction of sp³-hybridized carbons (Fsp3) is 0.250. The molecule has 1 aromatic heterocycles. The van der Waals surface area contributed by atoms with Crippen LogP contribution in [0.4, 0.5) is 0 Å². The van der Waals surface area contributed by atoms with Gasteiger partial charge in [-0.25, -0.2) is 0 Å². The summed E-state index contributed by atoms with van der Waals surface area (Å²) >= 11 is 1.83. The van der Waals surface area contributed by atoms with Gasteiger partial charge in [-0.3, -0.25) is 9.78 Å². The summed E-state index contributed by atoms with van der Waals surface area (Å²) in [6, 6.07) is 11.9. The van der Waals surface area contributed by atoms with Crippen LogP contribution in [-0.2, 0) is 5.75 Å². The van der Waals surface area contributed by atoms with Crippen molar-refractivity contribution in [3.8, 4) is 0 Å². The molecule has 0 radical (unpaired) electrons. The Morgan fingerprint density at radius 1 is 1.25 bits per heavy atom. The van der Waals surface area contributed by atoms with Gasteiger partial charge in [0.1, 0.15) is 0 Å². The second-order valence-electron chi connectivity index (χ2n) is 4.48. The van der Waals surface area contributed by atoms with Crippen molar-refractivity contribution < 1.29 is 4.79 Å². The molecule has 0 spiro atoms. The van der Waals surface area contributed by atoms with Crippen molar-refractivity contribution >= 4 is 17.7 Å². The first kappa shape index (κ1) is 14.6. The summed E-state index contributed by atoms with van der Waals surface area (Å²) in [7, 11) is 0. The lowest BCUT2D eigenvalue weighted by atomic mass is 10.1. The van der Waals surface area contributed by atoms with Crippen LogP contribution < -0.4 is 5.32 Å². The quantitative estimate of drug-likeness (QED) is 0.830. The zero-order valence-corrected chi connectivity index (χ0v) is 12.3. The predicted molar refractivity (Wildman–Crippen MR) is 83.9 cm³/mol. The van der Waals surface area contributed by atoms with Gasteiger partial charge in [-0.1, -0.05) is 24.3 Å². The minimum atomic E-state index is -0.0606. The maximum atomic E-state index is 11.8. The van der Waals surface area contributed by atoms with Gasteiger partial charge in [0.15, 0.2) is 0 Å². The predicted octanol–water partition coefficient (Wildman–Crippen LogP) is 3.05. The van der Waals surface area contributed by atoms with E-state index >= 15 is 0 Å². The second kappa shape index (κ2) is 7.70. The number of benzene rings is 1. The molecule has 0 saturated heterocycles. The average Bonchev–Trinajstić information content (AvgIpc) is 2.49. The van der Waals surface area contributed by atoms with Gasteiger partial charge in [0.05, 0.1) is 5.56 Å². The van der Waals surface area contributed by atoms with Crippen LogP contribution in [0, 0.1) is 6.92 Å². The lowest BCUT2D eigenvalue weighted by molar-refractivity contribution is 0.0956. The summed E-state index contributed by atoms with van der Waals surface area (Å²) in [4.78, 5) is 15.7. The molecule has 0 bridgehead atoms. The number of pyridine rings is 1. The van der Waals surface area contributed by atoms with E-state index in [9.17, 15) is 4.79 Å². The van der Waals surface area contributed by atoms with Gasteiger partial charge in [0.2, 0.25) is 0 Å². The molecule has 0 atom stereocenters. The molecule has 2 aromatic rings. The summed E-state index contributed by atoms with van der Waals surface area (Å²) in [5.41, 5.74) is 3.28. The van der Waals surface area contributed by atoms with E-state index in [1.54, 1.807) is 24.5 Å². The molecule has 1 heterocycles. The number of aromatic nitrogens is 1. The van der Waals surface area contributed by atoms with E-state index in [1.807, 2.05) is 11.8 Å². The highest BCUT2D eigenvalue weighted by molar-refractivity contribution is 7.98. The van der Waals surface area contributed by atoms with E-state index in [1.165, 1.54) is 11.1 Å². The molecule has 0 aliphatic carbocycles. The van der Waals surface area contributed by atoms with Crippen molar-refractivity contribution in [1.29, 1.82) is 0 Å². The molecule has 4 heteroatoms. The van der Waals surface area contributed by atoms with Crippen LogP contribution in [0.5, 0.6) is 0 Å². The van der Waals surface area contributed by atoms with Crippen LogP contribution in [0.3, 0.4) is 0 Å². The standard InChI is InChI=1S/C16H18N2OS/c1-13-5-2-3-6-15(13)12-20-10-9-18-16(19)14-7-4-8-17-11-14/h2-8,11H,9-10,12H2,1H3,(H,18,19). The normalized spacial score (nSPS) is 10.2. The molecule has 0 unspecified atom stereocenters. The number of nitrogens with one attached hydrogen (secondary N) is 1. The van der Waals surface area contributed by atoms with Gasteiger partial charge in [-0.05, 0) is 30.2 Å². The number of nitrogens with zero attached hydrogens (tertiary/aromatic N) is 1. The maximum Gasteiger partial charge on any atom is 0.252 e. The number of carbonyl (C=O) groups is 1. The van der Waals surface area contributed by atoms with Crippen LogP contribution in [0.15, 0.2) is 48.8 Å². The van der Waals surface area contributed by atoms with Crippen LogP contribution in [0.1, 0.15) is 21.5 Å². The van der Waals surface area contributed by atoms with Crippen LogP contribution in [-0.4, -0.2) is 23.2 Å². The molecule has 1 amide bonds. The fourth-order valence-corrected chi connectivity index (χ4v) is 2.72. The molecule has 1 N–H and O–H groups in total. The number of hydrogen-bond acceptors (Lipinski definition) is 3. The van der Waals surface area contributed by atoms with Crippen LogP contribution in [0.25, 0.3) is 0 Å². The molecule has 20 heavy (non-hydrogen) atoms. The van der Waals surface area contributed by atoms with Crippen molar-refractivity contribution in [2.75, 3.05) is 12.3 Å². The Morgan fingerprint density at radius 2 is 2.10 bits per heavy atom. The lowest BCUT2D eigenvalue weighted by Gasteiger charge is -2.06. The third-order valence-electron chi connectivity index (χ3n) is 2.97. The number of thioether (sulfide) groups is 1. The second-order valence-corrected chi connectivity index (χ2v) is 5.58. The number of hydrogen-bond donors (Lipinski definition) is 1. The topological polar surface area (TPSA) is 42.0 Å². The zero-order valence-electron chi connectivity index (χ0n) is 11.5. The Hall–Kier alpha value is -1.81. The summed E-state index contributed by atoms with van der Waals surface area (Å²) in [6.07, 6.45) is 3.24. The molecular formula is C16H18N2OS. The number of carbonyl (C=O) groups excluding carboxylic acids is 1. The summed E-state index contributed by atoms with van der Waals surface area (Å²) in [5.74, 6) is 1.82. The van der Waals surface area contributed by atoms with Gasteiger partial charge < -0.3 is 5.32 Å². The van der Waals surface area contributed by atoms with Crippen molar-refractivity contribution in [2.45, 2.75) is 12.7 Å². The van der Waals surface area contributed by atoms with Crippen molar-refractivity contribution in [2.24, 2.45) is 0 Å². The third-order valence-corrected chi connectivity index (χ3v) is 3.98. The van der Waals surface area contributed by atoms with Crippen molar-refractivity contribution in [1.82, 2.24) is 10.3 Å². The SMILES string of the molecule is Cc1ccccc1CSCCNC(=O)c1cccnc1. The van der Waals surface area contributed by atoms with Crippen molar-refractivity contribution in [3.63, 3.8) is 0 Å². The lowest BCUT2D eigenvalue weighted by Crippen LogP contribution is -2.25. The molecule has 1 aromatic carbocycles. The van der Waals surface area contributed by atoms with E-state index < -0.39 is 0 Å². The largest absolute Gasteiger partial charge is 0.351 e. The third kappa shape index (κ3) is 4.38. The molecular weight excluding hydrogens is 268 g/mol. The van der Waals surface area contributed by atoms with Crippen LogP contribution >= 0.6 is 11.8 Å². The highest BCUT2D eigenvalue weighted by atomic mass is 32.2. The fourth-order valence-electron chi connectivity index (χ4n) is 1.79. The number of aryl methyl sites for hydroxylation is 1. The highest BCUT2D eigenvalue weighted by Gasteiger charge is 2.03. The van der Waals surface area contributed by atoms with E-state index in [0.717, 1.165) is 11.5 Å². The molecule has 2 rings (SSSR count). The van der Waals surface area contributed by atoms with Gasteiger partial charge in [0, 0.05) is 30.4 Å². The molecule has 0 aliphatic rings. The summed E-state index contributed by atoms with van der Waals surface area (Å²) < 4.78 is 0. The maximum absolute atomic E-state index is 11.8. The summed E-state index contributed by atoms with van der Waals surface area (Å²) in [5, 5.41) is 2.90. The number of rotatable bonds is 6. The Kier molecular flexibility index (Phi) is 5.62. The van der Waals surface area contributed by atoms with E-state index in [-0.39, 0.29) is 5.91 Å². The smallest absolute Gasteiger partial charge is 0.252 e. The molecule has 0 saturated carbocycles. The first-order chi connectivity index (χ1) is 9.77. The Balaban J connectivity index is 1.67. The highest BCUT2D eigenvalue weighted by Crippen LogP contribution is 2.15. The van der Waals surface area contributed by atoms with Gasteiger partial charge in [0.25, 0.3) is 5.91 Å². The minimum absolute atomic E-state index is 0.0606. The minimum Gasteiger partial charge on any atom is -0.351 e. The Morgan fingerprint density at radius 3 is 2.85 bits per heavy atom. The average molecular weight is 286 g/mol. The van der Waals surface area contributed by atoms with Crippen LogP contribution in [0.2, 0.25) is 0 Å². The number of amides is 1. The first-order valence-corrected chi connectivity index (χ1v) is 7.73. The van der Waals surface area contributed by atoms with Gasteiger partial charge in [-0.2, -0.15) is 11.8 Å². The van der Waals surface area contributed by atoms with E-state index in [4.69, 9.17) is 0 Å². The van der Waals surface area contributed by atoms with Crippen molar-refractivity contribution in [3.05, 3.63) is 65.5 Å². The van der Waals surface area contributed by atoms with E-state index in [0.29, 0.717) is 12.1 Å².